The number of rotatable bonds is 3. The van der Waals surface area contributed by atoms with E-state index >= 15 is 0 Å². The molecule has 0 spiro atoms. The van der Waals surface area contributed by atoms with Gasteiger partial charge >= 0.3 is 0 Å². The van der Waals surface area contributed by atoms with E-state index in [1.165, 1.54) is 12.8 Å². The highest BCUT2D eigenvalue weighted by Gasteiger charge is 2.39. The van der Waals surface area contributed by atoms with Crippen LogP contribution in [-0.2, 0) is 0 Å². The molecule has 1 aliphatic rings. The van der Waals surface area contributed by atoms with Gasteiger partial charge in [-0.2, -0.15) is 0 Å². The van der Waals surface area contributed by atoms with Crippen LogP contribution in [-0.4, -0.2) is 12.1 Å². The molecule has 1 aromatic rings. The Morgan fingerprint density at radius 2 is 2.21 bits per heavy atom. The van der Waals surface area contributed by atoms with Gasteiger partial charge in [-0.1, -0.05) is 25.4 Å². The quantitative estimate of drug-likeness (QED) is 0.835. The lowest BCUT2D eigenvalue weighted by Gasteiger charge is -2.45. The number of halogens is 2. The maximum atomic E-state index is 6.16. The molecule has 3 unspecified atom stereocenters. The van der Waals surface area contributed by atoms with Crippen LogP contribution in [0.15, 0.2) is 22.7 Å². The average molecular weight is 346 g/mol. The fourth-order valence-electron chi connectivity index (χ4n) is 3.10. The molecule has 0 heterocycles. The Morgan fingerprint density at radius 1 is 1.47 bits per heavy atom. The molecule has 3 atom stereocenters. The zero-order valence-corrected chi connectivity index (χ0v) is 13.9. The van der Waals surface area contributed by atoms with Crippen molar-refractivity contribution in [3.05, 3.63) is 27.7 Å². The molecule has 0 amide bonds. The van der Waals surface area contributed by atoms with E-state index in [4.69, 9.17) is 17.3 Å². The second kappa shape index (κ2) is 6.02. The largest absolute Gasteiger partial charge is 0.378 e. The van der Waals surface area contributed by atoms with E-state index in [0.717, 1.165) is 27.5 Å². The van der Waals surface area contributed by atoms with Crippen LogP contribution >= 0.6 is 27.5 Å². The van der Waals surface area contributed by atoms with Crippen molar-refractivity contribution >= 4 is 33.2 Å². The molecule has 1 saturated carbocycles. The predicted molar refractivity (Wildman–Crippen MR) is 86.7 cm³/mol. The van der Waals surface area contributed by atoms with Gasteiger partial charge in [-0.25, -0.2) is 0 Å². The van der Waals surface area contributed by atoms with Crippen LogP contribution in [0, 0.1) is 11.8 Å². The third-order valence-electron chi connectivity index (χ3n) is 4.46. The minimum Gasteiger partial charge on any atom is -0.378 e. The van der Waals surface area contributed by atoms with Crippen molar-refractivity contribution in [1.29, 1.82) is 0 Å². The van der Waals surface area contributed by atoms with Crippen molar-refractivity contribution in [3.63, 3.8) is 0 Å². The third-order valence-corrected chi connectivity index (χ3v) is 5.69. The maximum absolute atomic E-state index is 6.16. The van der Waals surface area contributed by atoms with Gasteiger partial charge in [-0.05, 0) is 65.2 Å². The van der Waals surface area contributed by atoms with Gasteiger partial charge in [0.2, 0.25) is 0 Å². The number of hydrogen-bond acceptors (Lipinski definition) is 2. The summed E-state index contributed by atoms with van der Waals surface area (Å²) in [5.74, 6) is 1.37. The van der Waals surface area contributed by atoms with Crippen molar-refractivity contribution in [2.24, 2.45) is 17.6 Å². The molecule has 2 nitrogen and oxygen atoms in total. The van der Waals surface area contributed by atoms with E-state index in [-0.39, 0.29) is 5.54 Å². The SMILES string of the molecule is CC1CCC(CN)(Nc2ccc(Br)c(Cl)c2)C(C)C1. The highest BCUT2D eigenvalue weighted by atomic mass is 79.9. The van der Waals surface area contributed by atoms with E-state index in [0.29, 0.717) is 12.5 Å². The minimum atomic E-state index is 0.00364. The normalized spacial score (nSPS) is 31.2. The van der Waals surface area contributed by atoms with Crippen molar-refractivity contribution in [2.45, 2.75) is 38.6 Å². The first-order valence-corrected chi connectivity index (χ1v) is 8.07. The Balaban J connectivity index is 2.20. The smallest absolute Gasteiger partial charge is 0.0568 e. The zero-order chi connectivity index (χ0) is 14.0. The standard InChI is InChI=1S/C15H22BrClN2/c1-10-5-6-15(9-18,11(2)7-10)19-12-3-4-13(16)14(17)8-12/h3-4,8,10-11,19H,5-7,9,18H2,1-2H3. The molecule has 0 aromatic heterocycles. The predicted octanol–water partition coefficient (Wildman–Crippen LogP) is 4.67. The summed E-state index contributed by atoms with van der Waals surface area (Å²) in [6.45, 7) is 5.29. The lowest BCUT2D eigenvalue weighted by Crippen LogP contribution is -2.53. The molecule has 0 aliphatic heterocycles. The number of benzene rings is 1. The molecule has 0 radical (unpaired) electrons. The van der Waals surface area contributed by atoms with E-state index in [2.05, 4.69) is 41.2 Å². The Labute approximate surface area is 129 Å². The summed E-state index contributed by atoms with van der Waals surface area (Å²) in [7, 11) is 0. The summed E-state index contributed by atoms with van der Waals surface area (Å²) >= 11 is 9.58. The van der Waals surface area contributed by atoms with Crippen molar-refractivity contribution in [1.82, 2.24) is 0 Å². The van der Waals surface area contributed by atoms with Gasteiger partial charge in [0.1, 0.15) is 0 Å². The molecular weight excluding hydrogens is 324 g/mol. The number of hydrogen-bond donors (Lipinski definition) is 2. The van der Waals surface area contributed by atoms with E-state index < -0.39 is 0 Å². The molecule has 1 aliphatic carbocycles. The van der Waals surface area contributed by atoms with Gasteiger partial charge in [0.05, 0.1) is 10.6 Å². The molecule has 3 N–H and O–H groups in total. The van der Waals surface area contributed by atoms with Crippen LogP contribution in [0.1, 0.15) is 33.1 Å². The van der Waals surface area contributed by atoms with Crippen LogP contribution in [0.4, 0.5) is 5.69 Å². The summed E-state index contributed by atoms with van der Waals surface area (Å²) in [4.78, 5) is 0. The lowest BCUT2D eigenvalue weighted by atomic mass is 9.70. The highest BCUT2D eigenvalue weighted by molar-refractivity contribution is 9.10. The fourth-order valence-corrected chi connectivity index (χ4v) is 3.53. The van der Waals surface area contributed by atoms with Crippen LogP contribution in [0.25, 0.3) is 0 Å². The molecule has 106 valence electrons. The molecular formula is C15H22BrClN2. The maximum Gasteiger partial charge on any atom is 0.0568 e. The third kappa shape index (κ3) is 3.26. The van der Waals surface area contributed by atoms with Crippen LogP contribution < -0.4 is 11.1 Å². The first kappa shape index (κ1) is 15.1. The first-order valence-electron chi connectivity index (χ1n) is 6.90. The summed E-state index contributed by atoms with van der Waals surface area (Å²) in [6, 6.07) is 6.00. The Morgan fingerprint density at radius 3 is 2.79 bits per heavy atom. The van der Waals surface area contributed by atoms with E-state index in [9.17, 15) is 0 Å². The molecule has 4 heteroatoms. The monoisotopic (exact) mass is 344 g/mol. The van der Waals surface area contributed by atoms with Gasteiger partial charge in [0.15, 0.2) is 0 Å². The van der Waals surface area contributed by atoms with Crippen LogP contribution in [0.3, 0.4) is 0 Å². The van der Waals surface area contributed by atoms with Gasteiger partial charge in [0.25, 0.3) is 0 Å². The summed E-state index contributed by atoms with van der Waals surface area (Å²) < 4.78 is 0.923. The summed E-state index contributed by atoms with van der Waals surface area (Å²) in [5, 5.41) is 4.38. The Hall–Kier alpha value is -0.250. The number of nitrogens with two attached hydrogens (primary N) is 1. The van der Waals surface area contributed by atoms with Gasteiger partial charge < -0.3 is 11.1 Å². The number of anilines is 1. The van der Waals surface area contributed by atoms with Gasteiger partial charge in [-0.15, -0.1) is 0 Å². The molecule has 0 saturated heterocycles. The second-order valence-electron chi connectivity index (χ2n) is 5.89. The summed E-state index contributed by atoms with van der Waals surface area (Å²) in [6.07, 6.45) is 3.59. The van der Waals surface area contributed by atoms with Gasteiger partial charge in [-0.3, -0.25) is 0 Å². The number of nitrogens with one attached hydrogen (secondary N) is 1. The zero-order valence-electron chi connectivity index (χ0n) is 11.5. The topological polar surface area (TPSA) is 38.0 Å². The Bertz CT molecular complexity index is 452. The van der Waals surface area contributed by atoms with E-state index in [1.807, 2.05) is 12.1 Å². The van der Waals surface area contributed by atoms with Gasteiger partial charge in [0, 0.05) is 16.7 Å². The molecule has 1 fully saturated rings. The molecule has 2 rings (SSSR count). The van der Waals surface area contributed by atoms with Crippen LogP contribution in [0.2, 0.25) is 5.02 Å². The first-order chi connectivity index (χ1) is 8.97. The Kier molecular flexibility index (Phi) is 4.80. The van der Waals surface area contributed by atoms with Crippen molar-refractivity contribution in [2.75, 3.05) is 11.9 Å². The fraction of sp³-hybridized carbons (Fsp3) is 0.600. The molecule has 19 heavy (non-hydrogen) atoms. The van der Waals surface area contributed by atoms with Crippen molar-refractivity contribution in [3.8, 4) is 0 Å². The average Bonchev–Trinajstić information content (AvgIpc) is 2.37. The second-order valence-corrected chi connectivity index (χ2v) is 7.16. The molecule has 1 aromatic carbocycles. The lowest BCUT2D eigenvalue weighted by molar-refractivity contribution is 0.189. The van der Waals surface area contributed by atoms with Crippen LogP contribution in [0.5, 0.6) is 0 Å². The molecule has 0 bridgehead atoms. The van der Waals surface area contributed by atoms with Crippen molar-refractivity contribution < 1.29 is 0 Å². The summed E-state index contributed by atoms with van der Waals surface area (Å²) in [5.41, 5.74) is 7.14. The highest BCUT2D eigenvalue weighted by Crippen LogP contribution is 2.39. The minimum absolute atomic E-state index is 0.00364. The van der Waals surface area contributed by atoms with E-state index in [1.54, 1.807) is 0 Å².